The van der Waals surface area contributed by atoms with Crippen LogP contribution >= 0.6 is 0 Å². The van der Waals surface area contributed by atoms with Crippen molar-refractivity contribution in [2.45, 2.75) is 13.1 Å². The number of anilines is 1. The van der Waals surface area contributed by atoms with Crippen LogP contribution in [0.2, 0.25) is 0 Å². The second-order valence-corrected chi connectivity index (χ2v) is 8.11. The average Bonchev–Trinajstić information content (AvgIpc) is 2.90. The fraction of sp³-hybridized carbons (Fsp3) is 0.0667. The Morgan fingerprint density at radius 3 is 2.06 bits per heavy atom. The van der Waals surface area contributed by atoms with E-state index < -0.39 is 0 Å². The third-order valence-electron chi connectivity index (χ3n) is 5.98. The summed E-state index contributed by atoms with van der Waals surface area (Å²) in [5, 5.41) is 1.19. The number of hydrogen-bond donors (Lipinski definition) is 0. The second kappa shape index (κ2) is 9.09. The van der Waals surface area contributed by atoms with Crippen molar-refractivity contribution in [3.8, 4) is 12.3 Å². The number of aromatic nitrogens is 1. The van der Waals surface area contributed by atoms with Gasteiger partial charge in [0.1, 0.15) is 6.54 Å². The lowest BCUT2D eigenvalue weighted by atomic mass is 10.1. The van der Waals surface area contributed by atoms with E-state index in [1.54, 1.807) is 4.90 Å². The van der Waals surface area contributed by atoms with Crippen LogP contribution in [0.4, 0.5) is 5.69 Å². The highest BCUT2D eigenvalue weighted by Crippen LogP contribution is 2.23. The van der Waals surface area contributed by atoms with E-state index in [0.29, 0.717) is 22.9 Å². The Balaban J connectivity index is 1.63. The summed E-state index contributed by atoms with van der Waals surface area (Å²) in [5.74, 6) is 2.55. The summed E-state index contributed by atoms with van der Waals surface area (Å²) < 4.78 is 1.93. The van der Waals surface area contributed by atoms with Gasteiger partial charge >= 0.3 is 0 Å². The van der Waals surface area contributed by atoms with E-state index in [2.05, 4.69) is 5.92 Å². The number of carbonyl (C=O) groups is 1. The van der Waals surface area contributed by atoms with E-state index in [4.69, 9.17) is 6.42 Å². The molecule has 0 atom stereocenters. The molecule has 0 saturated carbocycles. The van der Waals surface area contributed by atoms with Crippen molar-refractivity contribution in [1.29, 1.82) is 0 Å². The number of terminal acetylenes is 1. The summed E-state index contributed by atoms with van der Waals surface area (Å²) in [6.45, 7) is 0.484. The zero-order valence-corrected chi connectivity index (χ0v) is 18.5. The molecule has 164 valence electrons. The first-order valence-electron chi connectivity index (χ1n) is 11.1. The predicted octanol–water partition coefficient (Wildman–Crippen LogP) is 5.37. The van der Waals surface area contributed by atoms with Gasteiger partial charge in [0.05, 0.1) is 17.6 Å². The molecule has 4 nitrogen and oxygen atoms in total. The Morgan fingerprint density at radius 2 is 1.41 bits per heavy atom. The van der Waals surface area contributed by atoms with Crippen molar-refractivity contribution in [3.05, 3.63) is 124 Å². The quantitative estimate of drug-likeness (QED) is 0.271. The minimum atomic E-state index is -0.100. The summed E-state index contributed by atoms with van der Waals surface area (Å²) in [5.41, 5.74) is 3.89. The van der Waals surface area contributed by atoms with Crippen molar-refractivity contribution in [3.63, 3.8) is 0 Å². The van der Waals surface area contributed by atoms with Gasteiger partial charge in [0.25, 0.3) is 0 Å². The van der Waals surface area contributed by atoms with Gasteiger partial charge in [0.15, 0.2) is 5.43 Å². The Labute approximate surface area is 197 Å². The highest BCUT2D eigenvalue weighted by atomic mass is 16.2. The molecule has 0 radical (unpaired) electrons. The molecule has 5 aromatic rings. The van der Waals surface area contributed by atoms with E-state index in [-0.39, 0.29) is 17.9 Å². The fourth-order valence-electron chi connectivity index (χ4n) is 4.32. The number of benzene rings is 4. The lowest BCUT2D eigenvalue weighted by Gasteiger charge is -2.25. The van der Waals surface area contributed by atoms with Gasteiger partial charge in [-0.1, -0.05) is 66.6 Å². The van der Waals surface area contributed by atoms with Gasteiger partial charge in [-0.25, -0.2) is 0 Å². The molecular formula is C30H22N2O2. The van der Waals surface area contributed by atoms with Crippen LogP contribution in [0.1, 0.15) is 11.1 Å². The van der Waals surface area contributed by atoms with Gasteiger partial charge < -0.3 is 9.47 Å². The zero-order chi connectivity index (χ0) is 23.5. The smallest absolute Gasteiger partial charge is 0.247 e. The largest absolute Gasteiger partial charge is 0.331 e. The van der Waals surface area contributed by atoms with E-state index in [1.807, 2.05) is 108 Å². The summed E-state index contributed by atoms with van der Waals surface area (Å²) in [6, 6.07) is 32.2. The third kappa shape index (κ3) is 3.96. The molecule has 0 N–H and O–H groups in total. The van der Waals surface area contributed by atoms with E-state index in [9.17, 15) is 9.59 Å². The molecular weight excluding hydrogens is 420 g/mol. The lowest BCUT2D eigenvalue weighted by molar-refractivity contribution is -0.119. The van der Waals surface area contributed by atoms with E-state index in [1.165, 1.54) is 0 Å². The van der Waals surface area contributed by atoms with Crippen LogP contribution in [0.15, 0.2) is 108 Å². The SMILES string of the molecule is C#Cc1cccc(N(Cc2ccccc2)C(=O)Cn2c3ccccc3c(=O)c3ccccc32)c1. The molecule has 0 aliphatic carbocycles. The van der Waals surface area contributed by atoms with Crippen LogP contribution < -0.4 is 10.3 Å². The Hall–Kier alpha value is -4.62. The molecule has 0 spiro atoms. The molecule has 0 aliphatic heterocycles. The van der Waals surface area contributed by atoms with Crippen molar-refractivity contribution in [2.75, 3.05) is 4.90 Å². The monoisotopic (exact) mass is 442 g/mol. The molecule has 0 bridgehead atoms. The molecule has 0 unspecified atom stereocenters. The lowest BCUT2D eigenvalue weighted by Crippen LogP contribution is -2.34. The first kappa shape index (κ1) is 21.2. The molecule has 0 fully saturated rings. The van der Waals surface area contributed by atoms with Crippen LogP contribution in [0.5, 0.6) is 0 Å². The minimum Gasteiger partial charge on any atom is -0.331 e. The van der Waals surface area contributed by atoms with Crippen LogP contribution in [0.3, 0.4) is 0 Å². The third-order valence-corrected chi connectivity index (χ3v) is 5.98. The molecule has 1 heterocycles. The standard InChI is InChI=1S/C30H22N2O2/c1-2-22-13-10-14-24(19-22)31(20-23-11-4-3-5-12-23)29(33)21-32-27-17-8-6-15-25(27)30(34)26-16-7-9-18-28(26)32/h1,3-19H,20-21H2. The van der Waals surface area contributed by atoms with E-state index >= 15 is 0 Å². The normalized spacial score (nSPS) is 10.8. The highest BCUT2D eigenvalue weighted by Gasteiger charge is 2.20. The second-order valence-electron chi connectivity index (χ2n) is 8.11. The molecule has 1 aromatic heterocycles. The molecule has 4 heteroatoms. The van der Waals surface area contributed by atoms with Crippen molar-refractivity contribution >= 4 is 33.4 Å². The summed E-state index contributed by atoms with van der Waals surface area (Å²) >= 11 is 0. The zero-order valence-electron chi connectivity index (χ0n) is 18.5. The number of rotatable bonds is 5. The predicted molar refractivity (Wildman–Crippen MR) is 138 cm³/mol. The van der Waals surface area contributed by atoms with Crippen LogP contribution in [0.25, 0.3) is 21.8 Å². The van der Waals surface area contributed by atoms with Crippen molar-refractivity contribution in [1.82, 2.24) is 4.57 Å². The molecule has 0 aliphatic rings. The number of carbonyl (C=O) groups excluding carboxylic acids is 1. The summed E-state index contributed by atoms with van der Waals surface area (Å²) in [4.78, 5) is 28.7. The molecule has 5 rings (SSSR count). The number of nitrogens with zero attached hydrogens (tertiary/aromatic N) is 2. The molecule has 34 heavy (non-hydrogen) atoms. The summed E-state index contributed by atoms with van der Waals surface area (Å²) in [6.07, 6.45) is 5.62. The van der Waals surface area contributed by atoms with Crippen LogP contribution in [-0.4, -0.2) is 10.5 Å². The van der Waals surface area contributed by atoms with Gasteiger partial charge in [-0.05, 0) is 48.0 Å². The fourth-order valence-corrected chi connectivity index (χ4v) is 4.32. The maximum atomic E-state index is 13.9. The highest BCUT2D eigenvalue weighted by molar-refractivity contribution is 5.98. The number of hydrogen-bond acceptors (Lipinski definition) is 2. The van der Waals surface area contributed by atoms with Crippen LogP contribution in [-0.2, 0) is 17.9 Å². The van der Waals surface area contributed by atoms with Gasteiger partial charge in [0, 0.05) is 22.0 Å². The van der Waals surface area contributed by atoms with Crippen LogP contribution in [0, 0.1) is 12.3 Å². The molecule has 0 saturated heterocycles. The van der Waals surface area contributed by atoms with Gasteiger partial charge in [-0.3, -0.25) is 9.59 Å². The van der Waals surface area contributed by atoms with Gasteiger partial charge in [0.2, 0.25) is 5.91 Å². The number of amides is 1. The molecule has 1 amide bonds. The molecule has 4 aromatic carbocycles. The summed E-state index contributed by atoms with van der Waals surface area (Å²) in [7, 11) is 0. The van der Waals surface area contributed by atoms with E-state index in [0.717, 1.165) is 22.3 Å². The number of pyridine rings is 1. The van der Waals surface area contributed by atoms with Gasteiger partial charge in [-0.2, -0.15) is 0 Å². The number of fused-ring (bicyclic) bond motifs is 2. The first-order chi connectivity index (χ1) is 16.7. The Bertz CT molecular complexity index is 1550. The van der Waals surface area contributed by atoms with Crippen molar-refractivity contribution < 1.29 is 4.79 Å². The number of para-hydroxylation sites is 2. The minimum absolute atomic E-state index is 0.0298. The Morgan fingerprint density at radius 1 is 0.794 bits per heavy atom. The van der Waals surface area contributed by atoms with Gasteiger partial charge in [-0.15, -0.1) is 6.42 Å². The first-order valence-corrected chi connectivity index (χ1v) is 11.1. The maximum absolute atomic E-state index is 13.9. The average molecular weight is 443 g/mol. The van der Waals surface area contributed by atoms with Crippen molar-refractivity contribution in [2.24, 2.45) is 0 Å². The topological polar surface area (TPSA) is 42.3 Å². The Kier molecular flexibility index (Phi) is 5.68. The maximum Gasteiger partial charge on any atom is 0.247 e.